The zero-order valence-corrected chi connectivity index (χ0v) is 9.44. The fourth-order valence-corrected chi connectivity index (χ4v) is 1.65. The molecule has 0 spiro atoms. The third kappa shape index (κ3) is 1.94. The lowest BCUT2D eigenvalue weighted by Gasteiger charge is -2.10. The molecule has 0 N–H and O–H groups in total. The zero-order chi connectivity index (χ0) is 10.8. The minimum Gasteiger partial charge on any atom is -0.238 e. The van der Waals surface area contributed by atoms with Crippen molar-refractivity contribution in [3.63, 3.8) is 0 Å². The van der Waals surface area contributed by atoms with Gasteiger partial charge in [-0.15, -0.1) is 0 Å². The topological polar surface area (TPSA) is 17.8 Å². The predicted molar refractivity (Wildman–Crippen MR) is 62.4 cm³/mol. The van der Waals surface area contributed by atoms with Crippen molar-refractivity contribution in [3.05, 3.63) is 47.8 Å². The van der Waals surface area contributed by atoms with Crippen molar-refractivity contribution in [3.8, 4) is 5.69 Å². The summed E-state index contributed by atoms with van der Waals surface area (Å²) in [5.41, 5.74) is 3.66. The number of hydrogen-bond donors (Lipinski definition) is 0. The van der Waals surface area contributed by atoms with Crippen LogP contribution in [0, 0.1) is 6.92 Å². The van der Waals surface area contributed by atoms with Crippen LogP contribution in [-0.4, -0.2) is 9.78 Å². The Hall–Kier alpha value is -1.57. The number of nitrogens with zero attached hydrogens (tertiary/aromatic N) is 2. The van der Waals surface area contributed by atoms with Gasteiger partial charge in [-0.3, -0.25) is 0 Å². The van der Waals surface area contributed by atoms with Crippen molar-refractivity contribution >= 4 is 0 Å². The summed E-state index contributed by atoms with van der Waals surface area (Å²) >= 11 is 0. The highest BCUT2D eigenvalue weighted by atomic mass is 15.3. The molecule has 0 fully saturated rings. The molecule has 0 aliphatic rings. The van der Waals surface area contributed by atoms with Gasteiger partial charge in [0.2, 0.25) is 0 Å². The highest BCUT2D eigenvalue weighted by Crippen LogP contribution is 2.18. The molecule has 0 unspecified atom stereocenters. The SMILES string of the molecule is Cc1ccc(-n2nccc2C(C)C)cc1. The molecule has 2 aromatic rings. The van der Waals surface area contributed by atoms with Crippen LogP contribution in [0.4, 0.5) is 0 Å². The van der Waals surface area contributed by atoms with Crippen molar-refractivity contribution in [1.82, 2.24) is 9.78 Å². The molecule has 0 aliphatic heterocycles. The van der Waals surface area contributed by atoms with E-state index < -0.39 is 0 Å². The van der Waals surface area contributed by atoms with Crippen LogP contribution in [0.2, 0.25) is 0 Å². The first-order chi connectivity index (χ1) is 7.18. The van der Waals surface area contributed by atoms with E-state index in [1.165, 1.54) is 11.3 Å². The number of benzene rings is 1. The summed E-state index contributed by atoms with van der Waals surface area (Å²) in [4.78, 5) is 0. The van der Waals surface area contributed by atoms with E-state index in [0.29, 0.717) is 5.92 Å². The minimum atomic E-state index is 0.494. The van der Waals surface area contributed by atoms with Gasteiger partial charge in [0.1, 0.15) is 0 Å². The number of aromatic nitrogens is 2. The number of aryl methyl sites for hydroxylation is 1. The third-order valence-electron chi connectivity index (χ3n) is 2.54. The Labute approximate surface area is 90.6 Å². The predicted octanol–water partition coefficient (Wildman–Crippen LogP) is 3.30. The average molecular weight is 200 g/mol. The molecule has 0 aliphatic carbocycles. The lowest BCUT2D eigenvalue weighted by molar-refractivity contribution is 0.734. The average Bonchev–Trinajstić information content (AvgIpc) is 2.67. The summed E-state index contributed by atoms with van der Waals surface area (Å²) in [6.07, 6.45) is 1.86. The molecule has 0 atom stereocenters. The molecule has 2 rings (SSSR count). The van der Waals surface area contributed by atoms with Gasteiger partial charge >= 0.3 is 0 Å². The van der Waals surface area contributed by atoms with Crippen LogP contribution >= 0.6 is 0 Å². The Bertz CT molecular complexity index is 438. The highest BCUT2D eigenvalue weighted by Gasteiger charge is 2.07. The van der Waals surface area contributed by atoms with Crippen LogP contribution in [0.5, 0.6) is 0 Å². The van der Waals surface area contributed by atoms with Crippen molar-refractivity contribution in [2.45, 2.75) is 26.7 Å². The van der Waals surface area contributed by atoms with Crippen molar-refractivity contribution in [2.75, 3.05) is 0 Å². The van der Waals surface area contributed by atoms with E-state index in [1.54, 1.807) is 0 Å². The van der Waals surface area contributed by atoms with Crippen molar-refractivity contribution in [2.24, 2.45) is 0 Å². The molecule has 2 nitrogen and oxygen atoms in total. The van der Waals surface area contributed by atoms with E-state index in [1.807, 2.05) is 10.9 Å². The minimum absolute atomic E-state index is 0.494. The van der Waals surface area contributed by atoms with E-state index in [-0.39, 0.29) is 0 Å². The zero-order valence-electron chi connectivity index (χ0n) is 9.44. The van der Waals surface area contributed by atoms with Crippen LogP contribution in [0.25, 0.3) is 5.69 Å². The van der Waals surface area contributed by atoms with Crippen LogP contribution < -0.4 is 0 Å². The first-order valence-corrected chi connectivity index (χ1v) is 5.29. The summed E-state index contributed by atoms with van der Waals surface area (Å²) in [5, 5.41) is 4.35. The molecule has 0 radical (unpaired) electrons. The van der Waals surface area contributed by atoms with Gasteiger partial charge in [0.15, 0.2) is 0 Å². The molecule has 1 aromatic carbocycles. The smallest absolute Gasteiger partial charge is 0.0649 e. The van der Waals surface area contributed by atoms with Crippen LogP contribution in [0.15, 0.2) is 36.5 Å². The first-order valence-electron chi connectivity index (χ1n) is 5.29. The second kappa shape index (κ2) is 3.89. The second-order valence-electron chi connectivity index (χ2n) is 4.16. The van der Waals surface area contributed by atoms with E-state index in [0.717, 1.165) is 5.69 Å². The monoisotopic (exact) mass is 200 g/mol. The Morgan fingerprint density at radius 2 is 1.73 bits per heavy atom. The summed E-state index contributed by atoms with van der Waals surface area (Å²) in [6, 6.07) is 10.5. The largest absolute Gasteiger partial charge is 0.238 e. The Kier molecular flexibility index (Phi) is 2.58. The molecule has 0 bridgehead atoms. The highest BCUT2D eigenvalue weighted by molar-refractivity contribution is 5.35. The lowest BCUT2D eigenvalue weighted by atomic mass is 10.1. The maximum absolute atomic E-state index is 4.35. The summed E-state index contributed by atoms with van der Waals surface area (Å²) < 4.78 is 2.00. The maximum Gasteiger partial charge on any atom is 0.0649 e. The van der Waals surface area contributed by atoms with E-state index in [2.05, 4.69) is 56.2 Å². The number of rotatable bonds is 2. The van der Waals surface area contributed by atoms with E-state index in [9.17, 15) is 0 Å². The van der Waals surface area contributed by atoms with Crippen molar-refractivity contribution < 1.29 is 0 Å². The Morgan fingerprint density at radius 1 is 1.07 bits per heavy atom. The van der Waals surface area contributed by atoms with Crippen LogP contribution in [0.1, 0.15) is 31.0 Å². The molecule has 15 heavy (non-hydrogen) atoms. The fourth-order valence-electron chi connectivity index (χ4n) is 1.65. The van der Waals surface area contributed by atoms with Crippen LogP contribution in [-0.2, 0) is 0 Å². The normalized spacial score (nSPS) is 10.9. The molecule has 0 saturated carbocycles. The summed E-state index contributed by atoms with van der Waals surface area (Å²) in [6.45, 7) is 6.46. The second-order valence-corrected chi connectivity index (χ2v) is 4.16. The van der Waals surface area contributed by atoms with E-state index >= 15 is 0 Å². The quantitative estimate of drug-likeness (QED) is 0.727. The molecular weight excluding hydrogens is 184 g/mol. The molecule has 1 aromatic heterocycles. The van der Waals surface area contributed by atoms with Gasteiger partial charge < -0.3 is 0 Å². The van der Waals surface area contributed by atoms with Gasteiger partial charge in [-0.1, -0.05) is 31.5 Å². The molecule has 2 heteroatoms. The Morgan fingerprint density at radius 3 is 2.33 bits per heavy atom. The van der Waals surface area contributed by atoms with Gasteiger partial charge in [0, 0.05) is 11.9 Å². The Balaban J connectivity index is 2.45. The summed E-state index contributed by atoms with van der Waals surface area (Å²) in [5.74, 6) is 0.494. The fraction of sp³-hybridized carbons (Fsp3) is 0.308. The van der Waals surface area contributed by atoms with Gasteiger partial charge in [0.25, 0.3) is 0 Å². The van der Waals surface area contributed by atoms with Crippen LogP contribution in [0.3, 0.4) is 0 Å². The van der Waals surface area contributed by atoms with Crippen molar-refractivity contribution in [1.29, 1.82) is 0 Å². The molecular formula is C13H16N2. The molecule has 78 valence electrons. The van der Waals surface area contributed by atoms with Gasteiger partial charge in [-0.05, 0) is 31.0 Å². The molecule has 0 saturated heterocycles. The molecule has 0 amide bonds. The summed E-state index contributed by atoms with van der Waals surface area (Å²) in [7, 11) is 0. The maximum atomic E-state index is 4.35. The lowest BCUT2D eigenvalue weighted by Crippen LogP contribution is -2.03. The third-order valence-corrected chi connectivity index (χ3v) is 2.54. The van der Waals surface area contributed by atoms with Gasteiger partial charge in [-0.25, -0.2) is 4.68 Å². The van der Waals surface area contributed by atoms with E-state index in [4.69, 9.17) is 0 Å². The van der Waals surface area contributed by atoms with Gasteiger partial charge in [-0.2, -0.15) is 5.10 Å². The number of hydrogen-bond acceptors (Lipinski definition) is 1. The van der Waals surface area contributed by atoms with Gasteiger partial charge in [0.05, 0.1) is 5.69 Å². The standard InChI is InChI=1S/C13H16N2/c1-10(2)13-8-9-14-15(13)12-6-4-11(3)5-7-12/h4-10H,1-3H3. The molecule has 1 heterocycles. The first kappa shape index (κ1) is 9.97.